The van der Waals surface area contributed by atoms with Gasteiger partial charge < -0.3 is 4.57 Å². The first-order valence-electron chi connectivity index (χ1n) is 8.93. The molecule has 0 amide bonds. The van der Waals surface area contributed by atoms with E-state index in [9.17, 15) is 5.26 Å². The minimum atomic E-state index is -0.605. The van der Waals surface area contributed by atoms with Gasteiger partial charge in [-0.2, -0.15) is 5.26 Å². The summed E-state index contributed by atoms with van der Waals surface area (Å²) in [5, 5.41) is 9.34. The Morgan fingerprint density at radius 3 is 1.59 bits per heavy atom. The maximum absolute atomic E-state index is 9.34. The predicted molar refractivity (Wildman–Crippen MR) is 106 cm³/mol. The summed E-state index contributed by atoms with van der Waals surface area (Å²) in [6.45, 7) is 0. The van der Waals surface area contributed by atoms with E-state index in [4.69, 9.17) is 0 Å². The smallest absolute Gasteiger partial charge is 0.124 e. The lowest BCUT2D eigenvalue weighted by Crippen LogP contribution is -2.38. The van der Waals surface area contributed by atoms with Crippen molar-refractivity contribution >= 4 is 0 Å². The molecule has 0 aliphatic rings. The van der Waals surface area contributed by atoms with Crippen molar-refractivity contribution in [2.24, 2.45) is 0 Å². The van der Waals surface area contributed by atoms with Crippen molar-refractivity contribution in [2.45, 2.75) is 12.0 Å². The number of rotatable bonds is 5. The van der Waals surface area contributed by atoms with Gasteiger partial charge in [0.2, 0.25) is 0 Å². The van der Waals surface area contributed by atoms with Gasteiger partial charge in [0.25, 0.3) is 0 Å². The van der Waals surface area contributed by atoms with Crippen molar-refractivity contribution < 1.29 is 0 Å². The lowest BCUT2D eigenvalue weighted by molar-refractivity contribution is 0.498. The Labute approximate surface area is 159 Å². The fourth-order valence-electron chi connectivity index (χ4n) is 3.80. The second-order valence-electron chi connectivity index (χ2n) is 6.36. The van der Waals surface area contributed by atoms with E-state index in [-0.39, 0.29) is 6.42 Å². The van der Waals surface area contributed by atoms with Crippen LogP contribution in [0, 0.1) is 11.3 Å². The molecular formula is C24H19N3. The van der Waals surface area contributed by atoms with Crippen LogP contribution in [0.25, 0.3) is 0 Å². The highest BCUT2D eigenvalue weighted by molar-refractivity contribution is 5.51. The maximum Gasteiger partial charge on any atom is 0.124 e. The van der Waals surface area contributed by atoms with E-state index in [0.29, 0.717) is 0 Å². The number of nitrogens with zero attached hydrogens (tertiary/aromatic N) is 3. The minimum absolute atomic E-state index is 0.251. The Morgan fingerprint density at radius 2 is 1.19 bits per heavy atom. The molecule has 4 rings (SSSR count). The fraction of sp³-hybridized carbons (Fsp3) is 0.0833. The molecule has 0 aliphatic heterocycles. The molecule has 3 heteroatoms. The van der Waals surface area contributed by atoms with Crippen molar-refractivity contribution in [1.29, 1.82) is 5.26 Å². The number of hydrogen-bond donors (Lipinski definition) is 0. The predicted octanol–water partition coefficient (Wildman–Crippen LogP) is 4.79. The highest BCUT2D eigenvalue weighted by Gasteiger charge is 2.39. The highest BCUT2D eigenvalue weighted by Crippen LogP contribution is 2.41. The minimum Gasteiger partial charge on any atom is -0.316 e. The van der Waals surface area contributed by atoms with Crippen LogP contribution < -0.4 is 0 Å². The van der Waals surface area contributed by atoms with Crippen LogP contribution in [-0.4, -0.2) is 9.55 Å². The molecule has 0 spiro atoms. The van der Waals surface area contributed by atoms with Crippen molar-refractivity contribution in [3.63, 3.8) is 0 Å². The first kappa shape index (κ1) is 16.8. The van der Waals surface area contributed by atoms with Gasteiger partial charge >= 0.3 is 0 Å². The molecule has 27 heavy (non-hydrogen) atoms. The Kier molecular flexibility index (Phi) is 4.55. The topological polar surface area (TPSA) is 41.6 Å². The number of hydrogen-bond acceptors (Lipinski definition) is 2. The van der Waals surface area contributed by atoms with Crippen LogP contribution in [0.3, 0.4) is 0 Å². The van der Waals surface area contributed by atoms with Gasteiger partial charge in [0.05, 0.1) is 12.5 Å². The number of imidazole rings is 1. The molecule has 0 fully saturated rings. The summed E-state index contributed by atoms with van der Waals surface area (Å²) in [6, 6.07) is 33.4. The van der Waals surface area contributed by atoms with Crippen LogP contribution in [0.15, 0.2) is 103 Å². The fourth-order valence-corrected chi connectivity index (χ4v) is 3.80. The lowest BCUT2D eigenvalue weighted by atomic mass is 9.76. The lowest BCUT2D eigenvalue weighted by Gasteiger charge is -2.38. The summed E-state index contributed by atoms with van der Waals surface area (Å²) in [5.74, 6) is 0.744. The molecule has 1 aromatic heterocycles. The summed E-state index contributed by atoms with van der Waals surface area (Å²) in [7, 11) is 0. The largest absolute Gasteiger partial charge is 0.316 e. The molecule has 4 aromatic rings. The average Bonchev–Trinajstić information content (AvgIpc) is 3.20. The molecule has 0 N–H and O–H groups in total. The number of benzene rings is 3. The van der Waals surface area contributed by atoms with E-state index in [1.54, 1.807) is 6.20 Å². The molecule has 3 aromatic carbocycles. The molecule has 3 nitrogen and oxygen atoms in total. The molecule has 0 saturated heterocycles. The van der Waals surface area contributed by atoms with E-state index in [0.717, 1.165) is 22.5 Å². The summed E-state index contributed by atoms with van der Waals surface area (Å²) in [6.07, 6.45) is 4.00. The standard InChI is InChI=1S/C24H19N3/c25-17-16-23-26-18-19-27(23)24(20-10-4-1-5-11-20,21-12-6-2-7-13-21)22-14-8-3-9-15-22/h1-15,18-19H,16H2. The van der Waals surface area contributed by atoms with Gasteiger partial charge in [-0.05, 0) is 16.7 Å². The normalized spacial score (nSPS) is 11.1. The van der Waals surface area contributed by atoms with Crippen LogP contribution in [-0.2, 0) is 12.0 Å². The average molecular weight is 349 g/mol. The summed E-state index contributed by atoms with van der Waals surface area (Å²) in [4.78, 5) is 4.49. The van der Waals surface area contributed by atoms with Gasteiger partial charge in [0, 0.05) is 12.4 Å². The zero-order valence-corrected chi connectivity index (χ0v) is 14.9. The highest BCUT2D eigenvalue weighted by atomic mass is 15.1. The zero-order valence-electron chi connectivity index (χ0n) is 14.9. The van der Waals surface area contributed by atoms with E-state index in [1.165, 1.54) is 0 Å². The van der Waals surface area contributed by atoms with E-state index in [1.807, 2.05) is 24.4 Å². The molecule has 0 bridgehead atoms. The molecule has 0 radical (unpaired) electrons. The molecule has 1 heterocycles. The Bertz CT molecular complexity index is 948. The Hall–Kier alpha value is -3.64. The zero-order chi connectivity index (χ0) is 18.5. The molecule has 0 unspecified atom stereocenters. The van der Waals surface area contributed by atoms with Crippen molar-refractivity contribution in [2.75, 3.05) is 0 Å². The Morgan fingerprint density at radius 1 is 0.741 bits per heavy atom. The molecule has 130 valence electrons. The van der Waals surface area contributed by atoms with Gasteiger partial charge in [-0.15, -0.1) is 0 Å². The van der Waals surface area contributed by atoms with Gasteiger partial charge in [-0.25, -0.2) is 4.98 Å². The van der Waals surface area contributed by atoms with Crippen LogP contribution in [0.4, 0.5) is 0 Å². The van der Waals surface area contributed by atoms with Gasteiger partial charge in [-0.3, -0.25) is 0 Å². The third-order valence-corrected chi connectivity index (χ3v) is 4.89. The maximum atomic E-state index is 9.34. The monoisotopic (exact) mass is 349 g/mol. The quantitative estimate of drug-likeness (QED) is 0.486. The van der Waals surface area contributed by atoms with Crippen LogP contribution in [0.2, 0.25) is 0 Å². The number of nitriles is 1. The van der Waals surface area contributed by atoms with E-state index in [2.05, 4.69) is 88.4 Å². The van der Waals surface area contributed by atoms with Gasteiger partial charge in [0.15, 0.2) is 0 Å². The number of aromatic nitrogens is 2. The second-order valence-corrected chi connectivity index (χ2v) is 6.36. The van der Waals surface area contributed by atoms with Crippen LogP contribution in [0.5, 0.6) is 0 Å². The third kappa shape index (κ3) is 2.82. The van der Waals surface area contributed by atoms with Crippen molar-refractivity contribution in [3.05, 3.63) is 126 Å². The van der Waals surface area contributed by atoms with Crippen LogP contribution in [0.1, 0.15) is 22.5 Å². The molecule has 0 aliphatic carbocycles. The van der Waals surface area contributed by atoms with Gasteiger partial charge in [0.1, 0.15) is 11.4 Å². The first-order valence-corrected chi connectivity index (χ1v) is 8.93. The summed E-state index contributed by atoms with van der Waals surface area (Å²) in [5.41, 5.74) is 2.77. The van der Waals surface area contributed by atoms with Crippen molar-refractivity contribution in [1.82, 2.24) is 9.55 Å². The SMILES string of the molecule is N#CCc1nccn1C(c1ccccc1)(c1ccccc1)c1ccccc1. The van der Waals surface area contributed by atoms with Crippen LogP contribution >= 0.6 is 0 Å². The summed E-state index contributed by atoms with van der Waals surface area (Å²) < 4.78 is 2.14. The summed E-state index contributed by atoms with van der Waals surface area (Å²) >= 11 is 0. The van der Waals surface area contributed by atoms with Crippen molar-refractivity contribution in [3.8, 4) is 6.07 Å². The third-order valence-electron chi connectivity index (χ3n) is 4.89. The van der Waals surface area contributed by atoms with E-state index < -0.39 is 5.54 Å². The molecule has 0 atom stereocenters. The van der Waals surface area contributed by atoms with E-state index >= 15 is 0 Å². The van der Waals surface area contributed by atoms with Gasteiger partial charge in [-0.1, -0.05) is 91.0 Å². The second kappa shape index (κ2) is 7.31. The Balaban J connectivity index is 2.14. The molecule has 0 saturated carbocycles. The molecular weight excluding hydrogens is 330 g/mol. The first-order chi connectivity index (χ1) is 13.4.